The number of thioether (sulfide) groups is 1. The van der Waals surface area contributed by atoms with Crippen LogP contribution in [0.1, 0.15) is 27.7 Å². The first-order valence-electron chi connectivity index (χ1n) is 5.49. The summed E-state index contributed by atoms with van der Waals surface area (Å²) < 4.78 is -1.00. The largest absolute Gasteiger partial charge is 0.480 e. The van der Waals surface area contributed by atoms with Crippen LogP contribution >= 0.6 is 24.4 Å². The van der Waals surface area contributed by atoms with Crippen LogP contribution in [0, 0.1) is 5.92 Å². The van der Waals surface area contributed by atoms with Crippen molar-refractivity contribution >= 4 is 41.4 Å². The molecule has 0 rings (SSSR count). The summed E-state index contributed by atoms with van der Waals surface area (Å²) in [4.78, 5) is 34.3. The fourth-order valence-corrected chi connectivity index (χ4v) is 2.07. The molecule has 0 aromatic heterocycles. The lowest BCUT2D eigenvalue weighted by Gasteiger charge is -2.24. The highest BCUT2D eigenvalue weighted by Gasteiger charge is 2.34. The SMILES string of the molecule is CC(C)C(=O)SC(C)(C)C(=O)N[C@@H](CS)C(=O)O. The first-order chi connectivity index (χ1) is 8.11. The number of carbonyl (C=O) groups is 3. The highest BCUT2D eigenvalue weighted by atomic mass is 32.2. The molecule has 0 radical (unpaired) electrons. The fraction of sp³-hybridized carbons (Fsp3) is 0.727. The lowest BCUT2D eigenvalue weighted by atomic mass is 10.2. The highest BCUT2D eigenvalue weighted by molar-refractivity contribution is 8.15. The summed E-state index contributed by atoms with van der Waals surface area (Å²) in [6, 6.07) is -1.05. The van der Waals surface area contributed by atoms with Gasteiger partial charge in [-0.25, -0.2) is 4.79 Å². The molecule has 2 N–H and O–H groups in total. The first-order valence-corrected chi connectivity index (χ1v) is 6.94. The van der Waals surface area contributed by atoms with Crippen molar-refractivity contribution in [3.8, 4) is 0 Å². The number of carboxylic acids is 1. The zero-order valence-electron chi connectivity index (χ0n) is 10.9. The van der Waals surface area contributed by atoms with Crippen molar-refractivity contribution in [2.45, 2.75) is 38.5 Å². The third-order valence-electron chi connectivity index (χ3n) is 2.16. The van der Waals surface area contributed by atoms with E-state index in [9.17, 15) is 14.4 Å². The molecule has 0 unspecified atom stereocenters. The maximum absolute atomic E-state index is 11.9. The molecule has 1 atom stereocenters. The van der Waals surface area contributed by atoms with E-state index >= 15 is 0 Å². The van der Waals surface area contributed by atoms with Gasteiger partial charge in [-0.3, -0.25) is 9.59 Å². The van der Waals surface area contributed by atoms with Gasteiger partial charge in [0.1, 0.15) is 6.04 Å². The van der Waals surface area contributed by atoms with Gasteiger partial charge in [0, 0.05) is 11.7 Å². The molecule has 0 aliphatic carbocycles. The lowest BCUT2D eigenvalue weighted by molar-refractivity contribution is -0.141. The number of hydrogen-bond acceptors (Lipinski definition) is 5. The van der Waals surface area contributed by atoms with Crippen LogP contribution in [-0.4, -0.2) is 38.6 Å². The smallest absolute Gasteiger partial charge is 0.327 e. The predicted molar refractivity (Wildman–Crippen MR) is 74.9 cm³/mol. The van der Waals surface area contributed by atoms with Gasteiger partial charge in [-0.05, 0) is 13.8 Å². The Balaban J connectivity index is 4.65. The number of nitrogens with one attached hydrogen (secondary N) is 1. The molecule has 104 valence electrons. The molecule has 0 saturated heterocycles. The van der Waals surface area contributed by atoms with Crippen molar-refractivity contribution in [2.75, 3.05) is 5.75 Å². The number of carbonyl (C=O) groups excluding carboxylic acids is 2. The molecule has 18 heavy (non-hydrogen) atoms. The molecule has 7 heteroatoms. The number of aliphatic carboxylic acids is 1. The average molecular weight is 293 g/mol. The van der Waals surface area contributed by atoms with Crippen LogP contribution in [0.2, 0.25) is 0 Å². The third kappa shape index (κ3) is 5.30. The molecule has 0 aliphatic rings. The van der Waals surface area contributed by atoms with E-state index in [1.165, 1.54) is 0 Å². The van der Waals surface area contributed by atoms with Crippen molar-refractivity contribution in [1.29, 1.82) is 0 Å². The van der Waals surface area contributed by atoms with Crippen molar-refractivity contribution in [3.63, 3.8) is 0 Å². The van der Waals surface area contributed by atoms with E-state index in [-0.39, 0.29) is 16.8 Å². The second-order valence-corrected chi connectivity index (χ2v) is 6.63. The zero-order chi connectivity index (χ0) is 14.5. The Morgan fingerprint density at radius 1 is 1.33 bits per heavy atom. The summed E-state index contributed by atoms with van der Waals surface area (Å²) >= 11 is 4.77. The van der Waals surface area contributed by atoms with E-state index in [1.54, 1.807) is 27.7 Å². The number of thiol groups is 1. The highest BCUT2D eigenvalue weighted by Crippen LogP contribution is 2.28. The van der Waals surface area contributed by atoms with Crippen LogP contribution in [0.25, 0.3) is 0 Å². The van der Waals surface area contributed by atoms with Gasteiger partial charge in [-0.1, -0.05) is 25.6 Å². The van der Waals surface area contributed by atoms with Crippen LogP contribution in [0.5, 0.6) is 0 Å². The van der Waals surface area contributed by atoms with Crippen molar-refractivity contribution in [3.05, 3.63) is 0 Å². The number of hydrogen-bond donors (Lipinski definition) is 3. The van der Waals surface area contributed by atoms with Gasteiger partial charge in [0.25, 0.3) is 0 Å². The van der Waals surface area contributed by atoms with E-state index in [0.29, 0.717) is 0 Å². The number of carboxylic acid groups (broad SMARTS) is 1. The molecular formula is C11H19NO4S2. The van der Waals surface area contributed by atoms with Gasteiger partial charge in [0.2, 0.25) is 5.91 Å². The summed E-state index contributed by atoms with van der Waals surface area (Å²) in [7, 11) is 0. The molecule has 0 bridgehead atoms. The Morgan fingerprint density at radius 3 is 2.17 bits per heavy atom. The van der Waals surface area contributed by atoms with Gasteiger partial charge < -0.3 is 10.4 Å². The molecule has 0 aliphatic heterocycles. The summed E-state index contributed by atoms with van der Waals surface area (Å²) in [6.45, 7) is 6.67. The zero-order valence-corrected chi connectivity index (χ0v) is 12.6. The minimum absolute atomic E-state index is 0.0000526. The van der Waals surface area contributed by atoms with Gasteiger partial charge in [-0.2, -0.15) is 12.6 Å². The topological polar surface area (TPSA) is 83.5 Å². The molecule has 0 saturated carbocycles. The lowest BCUT2D eigenvalue weighted by Crippen LogP contribution is -2.49. The van der Waals surface area contributed by atoms with Crippen LogP contribution in [-0.2, 0) is 14.4 Å². The maximum Gasteiger partial charge on any atom is 0.327 e. The van der Waals surface area contributed by atoms with E-state index in [2.05, 4.69) is 17.9 Å². The molecule has 0 fully saturated rings. The Bertz CT molecular complexity index is 342. The molecule has 0 spiro atoms. The van der Waals surface area contributed by atoms with Gasteiger partial charge in [0.15, 0.2) is 5.12 Å². The van der Waals surface area contributed by atoms with Crippen LogP contribution in [0.4, 0.5) is 0 Å². The summed E-state index contributed by atoms with van der Waals surface area (Å²) in [5.74, 6) is -1.81. The molecule has 1 amide bonds. The second kappa shape index (κ2) is 7.04. The third-order valence-corrected chi connectivity index (χ3v) is 3.89. The van der Waals surface area contributed by atoms with Gasteiger partial charge >= 0.3 is 5.97 Å². The predicted octanol–water partition coefficient (Wildman–Crippen LogP) is 1.18. The van der Waals surface area contributed by atoms with E-state index in [4.69, 9.17) is 5.11 Å². The number of rotatable bonds is 6. The second-order valence-electron chi connectivity index (χ2n) is 4.63. The molecular weight excluding hydrogens is 274 g/mol. The summed E-state index contributed by atoms with van der Waals surface area (Å²) in [5.41, 5.74) is 0. The molecule has 0 aromatic rings. The minimum Gasteiger partial charge on any atom is -0.480 e. The van der Waals surface area contributed by atoms with Crippen molar-refractivity contribution in [1.82, 2.24) is 5.32 Å². The minimum atomic E-state index is -1.14. The summed E-state index contributed by atoms with van der Waals surface area (Å²) in [6.07, 6.45) is 0. The molecule has 0 aromatic carbocycles. The monoisotopic (exact) mass is 293 g/mol. The Morgan fingerprint density at radius 2 is 1.83 bits per heavy atom. The van der Waals surface area contributed by atoms with Crippen LogP contribution in [0.3, 0.4) is 0 Å². The van der Waals surface area contributed by atoms with Crippen LogP contribution < -0.4 is 5.32 Å². The van der Waals surface area contributed by atoms with E-state index < -0.39 is 22.7 Å². The Kier molecular flexibility index (Phi) is 6.77. The van der Waals surface area contributed by atoms with Crippen molar-refractivity contribution < 1.29 is 19.5 Å². The molecule has 0 heterocycles. The van der Waals surface area contributed by atoms with Crippen molar-refractivity contribution in [2.24, 2.45) is 5.92 Å². The first kappa shape index (κ1) is 17.3. The fourth-order valence-electron chi connectivity index (χ4n) is 0.933. The quantitative estimate of drug-likeness (QED) is 0.641. The average Bonchev–Trinajstić information content (AvgIpc) is 2.23. The number of amides is 1. The Labute approximate surface area is 116 Å². The standard InChI is InChI=1S/C11H19NO4S2/c1-6(2)9(15)18-11(3,4)10(16)12-7(5-17)8(13)14/h6-7,17H,5H2,1-4H3,(H,12,16)(H,13,14)/t7-/m0/s1. The maximum atomic E-state index is 11.9. The van der Waals surface area contributed by atoms with E-state index in [0.717, 1.165) is 11.8 Å². The molecule has 5 nitrogen and oxygen atoms in total. The van der Waals surface area contributed by atoms with Gasteiger partial charge in [-0.15, -0.1) is 0 Å². The normalized spacial score (nSPS) is 13.2. The van der Waals surface area contributed by atoms with E-state index in [1.807, 2.05) is 0 Å². The summed E-state index contributed by atoms with van der Waals surface area (Å²) in [5, 5.41) is 11.1. The Hall–Kier alpha value is -0.690. The van der Waals surface area contributed by atoms with Gasteiger partial charge in [0.05, 0.1) is 4.75 Å². The van der Waals surface area contributed by atoms with Crippen LogP contribution in [0.15, 0.2) is 0 Å².